The lowest BCUT2D eigenvalue weighted by molar-refractivity contribution is 0.0918. The third kappa shape index (κ3) is 3.78. The summed E-state index contributed by atoms with van der Waals surface area (Å²) in [4.78, 5) is 18.1. The zero-order valence-electron chi connectivity index (χ0n) is 11.4. The van der Waals surface area contributed by atoms with Crippen molar-refractivity contribution in [3.8, 4) is 0 Å². The maximum atomic E-state index is 11.8. The fraction of sp³-hybridized carbons (Fsp3) is 0.692. The molecule has 2 heterocycles. The van der Waals surface area contributed by atoms with Gasteiger partial charge in [-0.25, -0.2) is 4.98 Å². The number of rotatable bonds is 5. The first-order chi connectivity index (χ1) is 9.20. The summed E-state index contributed by atoms with van der Waals surface area (Å²) < 4.78 is 1.71. The predicted octanol–water partition coefficient (Wildman–Crippen LogP) is -0.146. The van der Waals surface area contributed by atoms with E-state index >= 15 is 0 Å². The Labute approximate surface area is 113 Å². The van der Waals surface area contributed by atoms with Crippen molar-refractivity contribution in [3.05, 3.63) is 18.2 Å². The van der Waals surface area contributed by atoms with Crippen LogP contribution in [0.15, 0.2) is 12.4 Å². The van der Waals surface area contributed by atoms with E-state index in [0.29, 0.717) is 18.3 Å². The maximum Gasteiger partial charge on any atom is 0.287 e. The SMILES string of the molecule is Cn1ccnc1C(=O)NCCN1CCCC(CO)C1. The van der Waals surface area contributed by atoms with Crippen molar-refractivity contribution in [3.63, 3.8) is 0 Å². The average Bonchev–Trinajstić information content (AvgIpc) is 2.85. The number of amides is 1. The number of likely N-dealkylation sites (tertiary alicyclic amines) is 1. The first-order valence-corrected chi connectivity index (χ1v) is 6.79. The van der Waals surface area contributed by atoms with Crippen LogP contribution < -0.4 is 5.32 Å². The Balaban J connectivity index is 1.72. The summed E-state index contributed by atoms with van der Waals surface area (Å²) >= 11 is 0. The third-order valence-electron chi connectivity index (χ3n) is 3.60. The zero-order valence-corrected chi connectivity index (χ0v) is 11.4. The number of aliphatic hydroxyl groups excluding tert-OH is 1. The number of carbonyl (C=O) groups is 1. The normalized spacial score (nSPS) is 20.4. The highest BCUT2D eigenvalue weighted by atomic mass is 16.3. The van der Waals surface area contributed by atoms with E-state index in [4.69, 9.17) is 0 Å². The minimum absolute atomic E-state index is 0.136. The second-order valence-electron chi connectivity index (χ2n) is 5.11. The van der Waals surface area contributed by atoms with E-state index in [9.17, 15) is 9.90 Å². The second-order valence-corrected chi connectivity index (χ2v) is 5.11. The number of aryl methyl sites for hydroxylation is 1. The van der Waals surface area contributed by atoms with Crippen molar-refractivity contribution in [2.45, 2.75) is 12.8 Å². The van der Waals surface area contributed by atoms with Crippen LogP contribution in [0.1, 0.15) is 23.5 Å². The minimum Gasteiger partial charge on any atom is -0.396 e. The quantitative estimate of drug-likeness (QED) is 0.778. The van der Waals surface area contributed by atoms with Crippen LogP contribution in [0.4, 0.5) is 0 Å². The van der Waals surface area contributed by atoms with Crippen molar-refractivity contribution in [2.75, 3.05) is 32.8 Å². The van der Waals surface area contributed by atoms with Crippen LogP contribution in [0.3, 0.4) is 0 Å². The number of hydrogen-bond donors (Lipinski definition) is 2. The van der Waals surface area contributed by atoms with Gasteiger partial charge in [0.15, 0.2) is 5.82 Å². The van der Waals surface area contributed by atoms with Crippen molar-refractivity contribution in [1.29, 1.82) is 0 Å². The van der Waals surface area contributed by atoms with Gasteiger partial charge in [-0.2, -0.15) is 0 Å². The topological polar surface area (TPSA) is 70.4 Å². The molecule has 1 unspecified atom stereocenters. The molecule has 1 amide bonds. The monoisotopic (exact) mass is 266 g/mol. The highest BCUT2D eigenvalue weighted by Gasteiger charge is 2.19. The Morgan fingerprint density at radius 1 is 1.63 bits per heavy atom. The molecule has 6 nitrogen and oxygen atoms in total. The molecule has 1 saturated heterocycles. The molecule has 0 saturated carbocycles. The van der Waals surface area contributed by atoms with Gasteiger partial charge in [0.05, 0.1) is 0 Å². The Bertz CT molecular complexity index is 419. The van der Waals surface area contributed by atoms with Crippen LogP contribution in [0.5, 0.6) is 0 Å². The van der Waals surface area contributed by atoms with Gasteiger partial charge < -0.3 is 19.9 Å². The highest BCUT2D eigenvalue weighted by Crippen LogP contribution is 2.14. The van der Waals surface area contributed by atoms with Gasteiger partial charge in [0.2, 0.25) is 0 Å². The van der Waals surface area contributed by atoms with E-state index < -0.39 is 0 Å². The molecule has 0 bridgehead atoms. The van der Waals surface area contributed by atoms with Crippen LogP contribution in [0, 0.1) is 5.92 Å². The van der Waals surface area contributed by atoms with Gasteiger partial charge in [-0.05, 0) is 25.3 Å². The molecular formula is C13H22N4O2. The molecule has 0 spiro atoms. The maximum absolute atomic E-state index is 11.8. The summed E-state index contributed by atoms with van der Waals surface area (Å²) in [6, 6.07) is 0. The Hall–Kier alpha value is -1.40. The van der Waals surface area contributed by atoms with Crippen molar-refractivity contribution in [2.24, 2.45) is 13.0 Å². The third-order valence-corrected chi connectivity index (χ3v) is 3.60. The molecule has 0 aliphatic carbocycles. The highest BCUT2D eigenvalue weighted by molar-refractivity contribution is 5.90. The molecule has 1 aromatic rings. The molecular weight excluding hydrogens is 244 g/mol. The fourth-order valence-corrected chi connectivity index (χ4v) is 2.49. The Kier molecular flexibility index (Phi) is 4.93. The predicted molar refractivity (Wildman–Crippen MR) is 71.8 cm³/mol. The molecule has 6 heteroatoms. The number of carbonyl (C=O) groups excluding carboxylic acids is 1. The largest absolute Gasteiger partial charge is 0.396 e. The van der Waals surface area contributed by atoms with Gasteiger partial charge in [0.1, 0.15) is 0 Å². The molecule has 1 aliphatic heterocycles. The summed E-state index contributed by atoms with van der Waals surface area (Å²) in [5.74, 6) is 0.689. The van der Waals surface area contributed by atoms with Crippen LogP contribution in [-0.4, -0.2) is 58.3 Å². The smallest absolute Gasteiger partial charge is 0.287 e. The number of imidazole rings is 1. The average molecular weight is 266 g/mol. The van der Waals surface area contributed by atoms with Gasteiger partial charge >= 0.3 is 0 Å². The number of aliphatic hydroxyl groups is 1. The summed E-state index contributed by atoms with van der Waals surface area (Å²) in [6.07, 6.45) is 5.60. The summed E-state index contributed by atoms with van der Waals surface area (Å²) in [7, 11) is 1.80. The van der Waals surface area contributed by atoms with Crippen LogP contribution in [-0.2, 0) is 7.05 Å². The van der Waals surface area contributed by atoms with Crippen LogP contribution in [0.2, 0.25) is 0 Å². The van der Waals surface area contributed by atoms with Crippen molar-refractivity contribution in [1.82, 2.24) is 19.8 Å². The van der Waals surface area contributed by atoms with Gasteiger partial charge in [-0.15, -0.1) is 0 Å². The fourth-order valence-electron chi connectivity index (χ4n) is 2.49. The standard InChI is InChI=1S/C13H22N4O2/c1-16-7-4-14-12(16)13(19)15-5-8-17-6-2-3-11(9-17)10-18/h4,7,11,18H,2-3,5-6,8-10H2,1H3,(H,15,19). The molecule has 19 heavy (non-hydrogen) atoms. The number of nitrogens with zero attached hydrogens (tertiary/aromatic N) is 3. The lowest BCUT2D eigenvalue weighted by Crippen LogP contribution is -2.41. The molecule has 2 rings (SSSR count). The Morgan fingerprint density at radius 3 is 3.16 bits per heavy atom. The Morgan fingerprint density at radius 2 is 2.47 bits per heavy atom. The molecule has 2 N–H and O–H groups in total. The molecule has 1 aliphatic rings. The second kappa shape index (κ2) is 6.68. The van der Waals surface area contributed by atoms with E-state index in [0.717, 1.165) is 32.5 Å². The van der Waals surface area contributed by atoms with Crippen molar-refractivity contribution >= 4 is 5.91 Å². The first-order valence-electron chi connectivity index (χ1n) is 6.79. The number of aromatic nitrogens is 2. The van der Waals surface area contributed by atoms with Gasteiger partial charge in [-0.1, -0.05) is 0 Å². The van der Waals surface area contributed by atoms with E-state index in [1.54, 1.807) is 24.0 Å². The minimum atomic E-state index is -0.136. The van der Waals surface area contributed by atoms with E-state index in [2.05, 4.69) is 15.2 Å². The first kappa shape index (κ1) is 14.0. The summed E-state index contributed by atoms with van der Waals surface area (Å²) in [6.45, 7) is 3.68. The molecule has 106 valence electrons. The van der Waals surface area contributed by atoms with Crippen LogP contribution in [0.25, 0.3) is 0 Å². The number of piperidine rings is 1. The van der Waals surface area contributed by atoms with Gasteiger partial charge in [0.25, 0.3) is 5.91 Å². The lowest BCUT2D eigenvalue weighted by Gasteiger charge is -2.31. The molecule has 1 atom stereocenters. The molecule has 1 aromatic heterocycles. The molecule has 0 radical (unpaired) electrons. The van der Waals surface area contributed by atoms with Crippen molar-refractivity contribution < 1.29 is 9.90 Å². The number of hydrogen-bond acceptors (Lipinski definition) is 4. The van der Waals surface area contributed by atoms with Gasteiger partial charge in [-0.3, -0.25) is 4.79 Å². The lowest BCUT2D eigenvalue weighted by atomic mass is 9.99. The summed E-state index contributed by atoms with van der Waals surface area (Å²) in [5.41, 5.74) is 0. The zero-order chi connectivity index (χ0) is 13.7. The van der Waals surface area contributed by atoms with Gasteiger partial charge in [0, 0.05) is 45.7 Å². The van der Waals surface area contributed by atoms with E-state index in [1.807, 2.05) is 0 Å². The van der Waals surface area contributed by atoms with Crippen LogP contribution >= 0.6 is 0 Å². The summed E-state index contributed by atoms with van der Waals surface area (Å²) in [5, 5.41) is 12.1. The number of nitrogens with one attached hydrogen (secondary N) is 1. The van der Waals surface area contributed by atoms with E-state index in [1.165, 1.54) is 0 Å². The van der Waals surface area contributed by atoms with E-state index in [-0.39, 0.29) is 12.5 Å². The molecule has 1 fully saturated rings. The molecule has 0 aromatic carbocycles.